The Balaban J connectivity index is 1.70. The van der Waals surface area contributed by atoms with Crippen LogP contribution in [0.2, 0.25) is 0 Å². The van der Waals surface area contributed by atoms with Crippen LogP contribution in [0.25, 0.3) is 0 Å². The van der Waals surface area contributed by atoms with E-state index < -0.39 is 31.8 Å². The number of sulfonamides is 1. The third-order valence-electron chi connectivity index (χ3n) is 3.99. The van der Waals surface area contributed by atoms with Gasteiger partial charge < -0.3 is 9.73 Å². The highest BCUT2D eigenvalue weighted by Crippen LogP contribution is 2.15. The van der Waals surface area contributed by atoms with Crippen LogP contribution in [-0.2, 0) is 26.4 Å². The maximum absolute atomic E-state index is 12.4. The van der Waals surface area contributed by atoms with Gasteiger partial charge in [-0.2, -0.15) is 0 Å². The Labute approximate surface area is 151 Å². The smallest absolute Gasteiger partial charge is 0.251 e. The molecule has 0 spiro atoms. The van der Waals surface area contributed by atoms with E-state index in [2.05, 4.69) is 10.0 Å². The van der Waals surface area contributed by atoms with Crippen molar-refractivity contribution in [2.24, 2.45) is 0 Å². The van der Waals surface area contributed by atoms with E-state index in [4.69, 9.17) is 4.42 Å². The van der Waals surface area contributed by atoms with Crippen molar-refractivity contribution in [2.45, 2.75) is 23.9 Å². The molecule has 1 amide bonds. The second-order valence-corrected chi connectivity index (χ2v) is 10.0. The van der Waals surface area contributed by atoms with Gasteiger partial charge in [-0.25, -0.2) is 21.6 Å². The summed E-state index contributed by atoms with van der Waals surface area (Å²) >= 11 is 0. The molecule has 1 atom stereocenters. The number of benzene rings is 1. The third-order valence-corrected chi connectivity index (χ3v) is 7.16. The third kappa shape index (κ3) is 4.51. The van der Waals surface area contributed by atoms with Crippen molar-refractivity contribution >= 4 is 25.8 Å². The minimum absolute atomic E-state index is 0.00824. The summed E-state index contributed by atoms with van der Waals surface area (Å²) in [4.78, 5) is 12.2. The largest absolute Gasteiger partial charge is 0.468 e. The molecule has 1 saturated heterocycles. The molecule has 0 bridgehead atoms. The van der Waals surface area contributed by atoms with Crippen molar-refractivity contribution in [3.63, 3.8) is 0 Å². The summed E-state index contributed by atoms with van der Waals surface area (Å²) in [6, 6.07) is 8.40. The number of nitrogens with one attached hydrogen (secondary N) is 2. The zero-order valence-electron chi connectivity index (χ0n) is 13.7. The van der Waals surface area contributed by atoms with Crippen LogP contribution >= 0.6 is 0 Å². The van der Waals surface area contributed by atoms with Crippen molar-refractivity contribution < 1.29 is 26.0 Å². The van der Waals surface area contributed by atoms with Gasteiger partial charge in [-0.15, -0.1) is 0 Å². The summed E-state index contributed by atoms with van der Waals surface area (Å²) in [5.41, 5.74) is 0.148. The van der Waals surface area contributed by atoms with Crippen molar-refractivity contribution in [1.82, 2.24) is 10.0 Å². The lowest BCUT2D eigenvalue weighted by molar-refractivity contribution is 0.0941. The Morgan fingerprint density at radius 2 is 2.04 bits per heavy atom. The lowest BCUT2D eigenvalue weighted by Crippen LogP contribution is -2.35. The van der Waals surface area contributed by atoms with Gasteiger partial charge >= 0.3 is 0 Å². The topological polar surface area (TPSA) is 123 Å². The molecule has 2 N–H and O–H groups in total. The second kappa shape index (κ2) is 7.22. The Morgan fingerprint density at radius 3 is 2.69 bits per heavy atom. The van der Waals surface area contributed by atoms with Crippen LogP contribution in [0.3, 0.4) is 0 Å². The van der Waals surface area contributed by atoms with Gasteiger partial charge in [-0.05, 0) is 36.8 Å². The summed E-state index contributed by atoms with van der Waals surface area (Å²) in [6.45, 7) is -0.00824. The first-order chi connectivity index (χ1) is 12.3. The Hall–Kier alpha value is -2.17. The minimum Gasteiger partial charge on any atom is -0.468 e. The molecule has 140 valence electrons. The van der Waals surface area contributed by atoms with Crippen LogP contribution < -0.4 is 10.0 Å². The molecular formula is C16H18N2O6S2. The second-order valence-electron chi connectivity index (χ2n) is 6.01. The number of hydrogen-bond donors (Lipinski definition) is 2. The SMILES string of the molecule is O=C(NC1CCS(=O)(=O)C1)c1cccc(S(=O)(=O)NCc2ccco2)c1. The summed E-state index contributed by atoms with van der Waals surface area (Å²) in [6.07, 6.45) is 1.80. The molecule has 0 radical (unpaired) electrons. The van der Waals surface area contributed by atoms with Crippen LogP contribution in [0, 0.1) is 0 Å². The quantitative estimate of drug-likeness (QED) is 0.738. The summed E-state index contributed by atoms with van der Waals surface area (Å²) in [5, 5.41) is 2.64. The number of furan rings is 1. The summed E-state index contributed by atoms with van der Waals surface area (Å²) in [7, 11) is -6.94. The normalized spacial score (nSPS) is 19.3. The van der Waals surface area contributed by atoms with E-state index >= 15 is 0 Å². The molecule has 1 fully saturated rings. The van der Waals surface area contributed by atoms with E-state index in [1.807, 2.05) is 0 Å². The number of sulfone groups is 1. The fourth-order valence-electron chi connectivity index (χ4n) is 2.64. The highest BCUT2D eigenvalue weighted by atomic mass is 32.2. The number of rotatable bonds is 6. The fourth-order valence-corrected chi connectivity index (χ4v) is 5.36. The molecule has 2 aromatic rings. The van der Waals surface area contributed by atoms with E-state index in [-0.39, 0.29) is 28.5 Å². The highest BCUT2D eigenvalue weighted by molar-refractivity contribution is 7.91. The van der Waals surface area contributed by atoms with Crippen molar-refractivity contribution in [2.75, 3.05) is 11.5 Å². The minimum atomic E-state index is -3.82. The molecule has 1 unspecified atom stereocenters. The van der Waals surface area contributed by atoms with Gasteiger partial charge in [0, 0.05) is 11.6 Å². The Kier molecular flexibility index (Phi) is 5.17. The number of carbonyl (C=O) groups excluding carboxylic acids is 1. The van der Waals surface area contributed by atoms with E-state index in [1.54, 1.807) is 12.1 Å². The van der Waals surface area contributed by atoms with Crippen molar-refractivity contribution in [1.29, 1.82) is 0 Å². The first-order valence-electron chi connectivity index (χ1n) is 7.89. The molecule has 3 rings (SSSR count). The highest BCUT2D eigenvalue weighted by Gasteiger charge is 2.29. The van der Waals surface area contributed by atoms with E-state index in [0.717, 1.165) is 0 Å². The molecule has 1 aromatic carbocycles. The molecule has 0 aliphatic carbocycles. The van der Waals surface area contributed by atoms with Crippen LogP contribution in [0.1, 0.15) is 22.5 Å². The van der Waals surface area contributed by atoms with Gasteiger partial charge in [0.1, 0.15) is 5.76 Å². The van der Waals surface area contributed by atoms with Gasteiger partial charge in [-0.1, -0.05) is 6.07 Å². The van der Waals surface area contributed by atoms with Crippen LogP contribution in [0.4, 0.5) is 0 Å². The van der Waals surface area contributed by atoms with Gasteiger partial charge in [0.25, 0.3) is 5.91 Å². The number of amides is 1. The standard InChI is InChI=1S/C16H18N2O6S2/c19-16(18-13-6-8-25(20,21)11-13)12-3-1-5-15(9-12)26(22,23)17-10-14-4-2-7-24-14/h1-5,7,9,13,17H,6,8,10-11H2,(H,18,19). The molecule has 26 heavy (non-hydrogen) atoms. The summed E-state index contributed by atoms with van der Waals surface area (Å²) in [5.74, 6) is -0.0927. The predicted octanol–water partition coefficient (Wildman–Crippen LogP) is 0.675. The van der Waals surface area contributed by atoms with Crippen molar-refractivity contribution in [3.8, 4) is 0 Å². The molecule has 0 saturated carbocycles. The van der Waals surface area contributed by atoms with Gasteiger partial charge in [-0.3, -0.25) is 4.79 Å². The average molecular weight is 398 g/mol. The van der Waals surface area contributed by atoms with Crippen LogP contribution in [-0.4, -0.2) is 40.3 Å². The molecule has 1 aliphatic rings. The maximum Gasteiger partial charge on any atom is 0.251 e. The average Bonchev–Trinajstić information content (AvgIpc) is 3.22. The Bertz CT molecular complexity index is 997. The molecule has 2 heterocycles. The Morgan fingerprint density at radius 1 is 1.23 bits per heavy atom. The van der Waals surface area contributed by atoms with Gasteiger partial charge in [0.15, 0.2) is 9.84 Å². The van der Waals surface area contributed by atoms with E-state index in [9.17, 15) is 21.6 Å². The predicted molar refractivity (Wildman–Crippen MR) is 93.7 cm³/mol. The maximum atomic E-state index is 12.4. The lowest BCUT2D eigenvalue weighted by Gasteiger charge is -2.12. The number of hydrogen-bond acceptors (Lipinski definition) is 6. The lowest BCUT2D eigenvalue weighted by atomic mass is 10.2. The van der Waals surface area contributed by atoms with Crippen LogP contribution in [0.5, 0.6) is 0 Å². The monoisotopic (exact) mass is 398 g/mol. The number of carbonyl (C=O) groups is 1. The first kappa shape index (κ1) is 18.6. The molecule has 1 aliphatic heterocycles. The molecule has 10 heteroatoms. The molecular weight excluding hydrogens is 380 g/mol. The van der Waals surface area contributed by atoms with Gasteiger partial charge in [0.2, 0.25) is 10.0 Å². The fraction of sp³-hybridized carbons (Fsp3) is 0.312. The first-order valence-corrected chi connectivity index (χ1v) is 11.2. The molecule has 1 aromatic heterocycles. The van der Waals surface area contributed by atoms with Gasteiger partial charge in [0.05, 0.1) is 29.2 Å². The summed E-state index contributed by atoms with van der Waals surface area (Å²) < 4.78 is 55.1. The van der Waals surface area contributed by atoms with E-state index in [1.165, 1.54) is 30.5 Å². The zero-order chi connectivity index (χ0) is 18.8. The van der Waals surface area contributed by atoms with E-state index in [0.29, 0.717) is 12.2 Å². The zero-order valence-corrected chi connectivity index (χ0v) is 15.3. The van der Waals surface area contributed by atoms with Crippen LogP contribution in [0.15, 0.2) is 52.0 Å². The molecule has 8 nitrogen and oxygen atoms in total. The van der Waals surface area contributed by atoms with Crippen molar-refractivity contribution in [3.05, 3.63) is 54.0 Å².